The normalized spacial score (nSPS) is 21.4. The number of allylic oxidation sites excluding steroid dienone is 1. The molecule has 262 valence electrons. The smallest absolute Gasteiger partial charge is 0.351 e. The number of benzene rings is 1. The van der Waals surface area contributed by atoms with Crippen molar-refractivity contribution in [3.63, 3.8) is 0 Å². The van der Waals surface area contributed by atoms with Crippen molar-refractivity contribution in [3.05, 3.63) is 82.7 Å². The molecule has 1 saturated carbocycles. The van der Waals surface area contributed by atoms with Gasteiger partial charge in [0.25, 0.3) is 11.8 Å². The summed E-state index contributed by atoms with van der Waals surface area (Å²) < 4.78 is 39.4. The first-order valence-corrected chi connectivity index (χ1v) is 17.2. The molecule has 3 aromatic rings. The maximum Gasteiger partial charge on any atom is 0.416 e. The molecule has 1 aliphatic carbocycles. The fourth-order valence-electron chi connectivity index (χ4n) is 6.56. The quantitative estimate of drug-likeness (QED) is 0.217. The summed E-state index contributed by atoms with van der Waals surface area (Å²) in [6, 6.07) is 8.28. The number of alkyl halides is 3. The van der Waals surface area contributed by atoms with E-state index < -0.39 is 35.0 Å². The van der Waals surface area contributed by atoms with E-state index in [0.717, 1.165) is 31.2 Å². The summed E-state index contributed by atoms with van der Waals surface area (Å²) in [5.74, 6) is -1.29. The fraction of sp³-hybridized carbons (Fsp3) is 0.343. The molecule has 1 aromatic carbocycles. The van der Waals surface area contributed by atoms with Gasteiger partial charge in [0.05, 0.1) is 23.0 Å². The number of anilines is 3. The maximum absolute atomic E-state index is 13.7. The van der Waals surface area contributed by atoms with Crippen molar-refractivity contribution in [2.45, 2.75) is 61.1 Å². The van der Waals surface area contributed by atoms with Gasteiger partial charge in [0.2, 0.25) is 5.91 Å². The Morgan fingerprint density at radius 2 is 1.86 bits per heavy atom. The Morgan fingerprint density at radius 1 is 1.08 bits per heavy atom. The summed E-state index contributed by atoms with van der Waals surface area (Å²) in [4.78, 5) is 64.8. The third-order valence-corrected chi connectivity index (χ3v) is 10.5. The number of piperidine rings is 1. The molecular weight excluding hydrogens is 685 g/mol. The second-order valence-corrected chi connectivity index (χ2v) is 14.0. The number of amides is 5. The van der Waals surface area contributed by atoms with Gasteiger partial charge >= 0.3 is 12.2 Å². The van der Waals surface area contributed by atoms with Gasteiger partial charge in [-0.15, -0.1) is 0 Å². The van der Waals surface area contributed by atoms with Crippen molar-refractivity contribution >= 4 is 52.7 Å². The van der Waals surface area contributed by atoms with E-state index >= 15 is 0 Å². The number of aryl methyl sites for hydroxylation is 1. The fourth-order valence-corrected chi connectivity index (χ4v) is 7.80. The second-order valence-electron chi connectivity index (χ2n) is 12.9. The Hall–Kier alpha value is -5.43. The molecule has 12 nitrogen and oxygen atoms in total. The summed E-state index contributed by atoms with van der Waals surface area (Å²) >= 11 is 1.24. The van der Waals surface area contributed by atoms with Gasteiger partial charge in [-0.3, -0.25) is 19.3 Å². The number of aromatic nitrogens is 2. The third kappa shape index (κ3) is 6.85. The number of halogens is 3. The highest BCUT2D eigenvalue weighted by Gasteiger charge is 2.47. The molecule has 1 saturated heterocycles. The SMILES string of the molecule is Cc1cc(C(=O)Nc2cc(C(F)(F)F)ccn2)ccc1N1C(=O)NC2c3c1ccnc3S[C@H]2C(=O)NC1CCCN(C(=O)/C(C#N)=C/C2CC2)C1. The van der Waals surface area contributed by atoms with Gasteiger partial charge < -0.3 is 20.9 Å². The number of hydrogen-bond donors (Lipinski definition) is 3. The van der Waals surface area contributed by atoms with Crippen LogP contribution in [0.1, 0.15) is 58.8 Å². The molecule has 0 bridgehead atoms. The van der Waals surface area contributed by atoms with Gasteiger partial charge in [-0.05, 0) is 80.5 Å². The van der Waals surface area contributed by atoms with Crippen LogP contribution in [-0.2, 0) is 15.8 Å². The van der Waals surface area contributed by atoms with Gasteiger partial charge in [-0.25, -0.2) is 14.8 Å². The molecule has 3 atom stereocenters. The first kappa shape index (κ1) is 34.0. The van der Waals surface area contributed by atoms with Crippen LogP contribution >= 0.6 is 11.8 Å². The number of likely N-dealkylation sites (tertiary alicyclic amines) is 1. The summed E-state index contributed by atoms with van der Waals surface area (Å²) in [6.07, 6.45) is 2.93. The number of urea groups is 1. The van der Waals surface area contributed by atoms with E-state index in [0.29, 0.717) is 46.9 Å². The van der Waals surface area contributed by atoms with Crippen molar-refractivity contribution in [3.8, 4) is 6.07 Å². The molecule has 0 spiro atoms. The molecule has 2 fully saturated rings. The van der Waals surface area contributed by atoms with Gasteiger partial charge in [0.1, 0.15) is 27.7 Å². The molecule has 16 heteroatoms. The summed E-state index contributed by atoms with van der Waals surface area (Å²) in [5.41, 5.74) is 1.50. The van der Waals surface area contributed by atoms with Crippen LogP contribution < -0.4 is 20.9 Å². The van der Waals surface area contributed by atoms with E-state index in [1.165, 1.54) is 28.8 Å². The number of hydrogen-bond acceptors (Lipinski definition) is 8. The molecule has 51 heavy (non-hydrogen) atoms. The molecule has 3 aliphatic heterocycles. The van der Waals surface area contributed by atoms with Crippen LogP contribution in [0.25, 0.3) is 0 Å². The van der Waals surface area contributed by atoms with E-state index in [1.807, 2.05) is 6.07 Å². The van der Waals surface area contributed by atoms with Crippen molar-refractivity contribution in [1.29, 1.82) is 5.26 Å². The standard InChI is InChI=1S/C35H31F3N8O4S/c1-18-13-20(30(47)43-26-15-22(8-10-40-26)35(36,37)38)6-7-24(18)46-25-9-11-41-32-27(25)28(44-34(46)50)29(51-32)31(48)42-23-3-2-12-45(17-23)33(49)21(16-39)14-19-4-5-19/h6-11,13-15,19,23,28-29H,2-5,12,17H2,1H3,(H,42,48)(H,44,50)(H,40,43,47)/b21-14+/t23?,28?,29-/m1/s1. The molecule has 2 unspecified atom stereocenters. The van der Waals surface area contributed by atoms with E-state index in [2.05, 4.69) is 25.9 Å². The Labute approximate surface area is 294 Å². The zero-order chi connectivity index (χ0) is 36.0. The molecular formula is C35H31F3N8O4S. The van der Waals surface area contributed by atoms with Crippen molar-refractivity contribution < 1.29 is 32.3 Å². The number of nitrogens with zero attached hydrogens (tertiary/aromatic N) is 5. The van der Waals surface area contributed by atoms with E-state index in [-0.39, 0.29) is 47.3 Å². The average Bonchev–Trinajstić information content (AvgIpc) is 3.86. The lowest BCUT2D eigenvalue weighted by Crippen LogP contribution is -2.54. The second kappa shape index (κ2) is 13.4. The number of nitrogens with one attached hydrogen (secondary N) is 3. The largest absolute Gasteiger partial charge is 0.416 e. The summed E-state index contributed by atoms with van der Waals surface area (Å²) in [5, 5.41) is 17.8. The van der Waals surface area contributed by atoms with Gasteiger partial charge in [-0.2, -0.15) is 18.4 Å². The number of carbonyl (C=O) groups is 4. The lowest BCUT2D eigenvalue weighted by Gasteiger charge is -2.36. The van der Waals surface area contributed by atoms with Gasteiger partial charge in [0.15, 0.2) is 0 Å². The number of pyridine rings is 2. The third-order valence-electron chi connectivity index (χ3n) is 9.22. The average molecular weight is 717 g/mol. The van der Waals surface area contributed by atoms with Crippen LogP contribution in [0.5, 0.6) is 0 Å². The highest BCUT2D eigenvalue weighted by atomic mass is 32.2. The molecule has 5 heterocycles. The minimum Gasteiger partial charge on any atom is -0.351 e. The lowest BCUT2D eigenvalue weighted by molar-refractivity contribution is -0.137. The predicted octanol–water partition coefficient (Wildman–Crippen LogP) is 5.40. The molecule has 5 amide bonds. The lowest BCUT2D eigenvalue weighted by atomic mass is 9.98. The number of nitriles is 1. The Kier molecular flexibility index (Phi) is 8.92. The molecule has 4 aliphatic rings. The highest BCUT2D eigenvalue weighted by Crippen LogP contribution is 2.51. The minimum absolute atomic E-state index is 0.139. The maximum atomic E-state index is 13.7. The van der Waals surface area contributed by atoms with Crippen molar-refractivity contribution in [1.82, 2.24) is 25.5 Å². The zero-order valence-electron chi connectivity index (χ0n) is 27.2. The van der Waals surface area contributed by atoms with E-state index in [1.54, 1.807) is 36.2 Å². The first-order chi connectivity index (χ1) is 24.4. The predicted molar refractivity (Wildman–Crippen MR) is 180 cm³/mol. The van der Waals surface area contributed by atoms with E-state index in [9.17, 15) is 37.6 Å². The van der Waals surface area contributed by atoms with Crippen LogP contribution in [0.3, 0.4) is 0 Å². The van der Waals surface area contributed by atoms with Crippen molar-refractivity contribution in [2.24, 2.45) is 5.92 Å². The summed E-state index contributed by atoms with van der Waals surface area (Å²) in [6.45, 7) is 2.47. The number of thioether (sulfide) groups is 1. The number of carbonyl (C=O) groups excluding carboxylic acids is 4. The Balaban J connectivity index is 1.06. The summed E-state index contributed by atoms with van der Waals surface area (Å²) in [7, 11) is 0. The Morgan fingerprint density at radius 3 is 2.59 bits per heavy atom. The number of rotatable bonds is 7. The molecule has 7 rings (SSSR count). The Bertz CT molecular complexity index is 2030. The van der Waals surface area contributed by atoms with Gasteiger partial charge in [0, 0.05) is 42.7 Å². The molecule has 0 radical (unpaired) electrons. The van der Waals surface area contributed by atoms with Crippen LogP contribution in [0.4, 0.5) is 35.2 Å². The van der Waals surface area contributed by atoms with E-state index in [4.69, 9.17) is 0 Å². The zero-order valence-corrected chi connectivity index (χ0v) is 28.0. The molecule has 3 N–H and O–H groups in total. The van der Waals surface area contributed by atoms with Gasteiger partial charge in [-0.1, -0.05) is 17.8 Å². The van der Waals surface area contributed by atoms with Crippen molar-refractivity contribution in [2.75, 3.05) is 23.3 Å². The highest BCUT2D eigenvalue weighted by molar-refractivity contribution is 8.01. The minimum atomic E-state index is -4.60. The van der Waals surface area contributed by atoms with Crippen LogP contribution in [0, 0.1) is 24.2 Å². The van der Waals surface area contributed by atoms with Crippen LogP contribution in [0.15, 0.2) is 65.5 Å². The molecule has 2 aromatic heterocycles. The van der Waals surface area contributed by atoms with Crippen LogP contribution in [0.2, 0.25) is 0 Å². The first-order valence-electron chi connectivity index (χ1n) is 16.3. The monoisotopic (exact) mass is 716 g/mol. The topological polar surface area (TPSA) is 160 Å². The van der Waals surface area contributed by atoms with Crippen LogP contribution in [-0.4, -0.2) is 63.0 Å².